The number of carboxylic acid groups (broad SMARTS) is 1. The smallest absolute Gasteiger partial charge is 0.335 e. The number of aromatic carboxylic acids is 1. The summed E-state index contributed by atoms with van der Waals surface area (Å²) in [6, 6.07) is 4.29. The quantitative estimate of drug-likeness (QED) is 0.258. The average molecular weight is 445 g/mol. The highest BCUT2D eigenvalue weighted by Crippen LogP contribution is 2.26. The molecular weight excluding hydrogens is 430 g/mol. The third kappa shape index (κ3) is 3.22. The minimum absolute atomic E-state index is 0.0843. The summed E-state index contributed by atoms with van der Waals surface area (Å²) < 4.78 is 3.18. The van der Waals surface area contributed by atoms with Gasteiger partial charge in [0.25, 0.3) is 5.91 Å². The predicted octanol–water partition coefficient (Wildman–Crippen LogP) is 0.916. The second-order valence-corrected chi connectivity index (χ2v) is 7.69. The second kappa shape index (κ2) is 6.85. The Labute approximate surface area is 184 Å². The molecule has 0 atom stereocenters. The lowest BCUT2D eigenvalue weighted by molar-refractivity contribution is -0.115. The molecular formula is C20H15N9O4. The van der Waals surface area contributed by atoms with Crippen molar-refractivity contribution in [2.75, 3.05) is 5.32 Å². The summed E-state index contributed by atoms with van der Waals surface area (Å²) in [4.78, 5) is 48.2. The number of imidazole rings is 1. The number of benzene rings is 1. The molecule has 0 radical (unpaired) electrons. The fourth-order valence-electron chi connectivity index (χ4n) is 3.54. The third-order valence-corrected chi connectivity index (χ3v) is 5.32. The van der Waals surface area contributed by atoms with Gasteiger partial charge in [-0.1, -0.05) is 0 Å². The van der Waals surface area contributed by atoms with E-state index in [1.807, 2.05) is 0 Å². The first-order valence-electron chi connectivity index (χ1n) is 10.0. The largest absolute Gasteiger partial charge is 0.478 e. The first-order chi connectivity index (χ1) is 16.0. The number of rotatable bonds is 5. The summed E-state index contributed by atoms with van der Waals surface area (Å²) >= 11 is 0. The number of urea groups is 1. The summed E-state index contributed by atoms with van der Waals surface area (Å²) in [6.07, 6.45) is 6.56. The first kappa shape index (κ1) is 18.9. The molecule has 2 aliphatic rings. The Morgan fingerprint density at radius 2 is 2.06 bits per heavy atom. The zero-order chi connectivity index (χ0) is 22.7. The van der Waals surface area contributed by atoms with Crippen LogP contribution in [-0.2, 0) is 4.79 Å². The van der Waals surface area contributed by atoms with Gasteiger partial charge in [-0.05, 0) is 37.1 Å². The topological polar surface area (TPSA) is 168 Å². The van der Waals surface area contributed by atoms with E-state index in [-0.39, 0.29) is 23.3 Å². The summed E-state index contributed by atoms with van der Waals surface area (Å²) in [5.41, 5.74) is 2.23. The van der Waals surface area contributed by atoms with Crippen LogP contribution in [0.25, 0.3) is 28.7 Å². The maximum Gasteiger partial charge on any atom is 0.335 e. The molecule has 33 heavy (non-hydrogen) atoms. The van der Waals surface area contributed by atoms with Crippen molar-refractivity contribution in [3.63, 3.8) is 0 Å². The average Bonchev–Trinajstić information content (AvgIpc) is 3.21. The van der Waals surface area contributed by atoms with Crippen LogP contribution < -0.4 is 16.0 Å². The molecule has 164 valence electrons. The molecule has 0 unspecified atom stereocenters. The molecule has 4 N–H and O–H groups in total. The van der Waals surface area contributed by atoms with Gasteiger partial charge in [-0.3, -0.25) is 14.7 Å². The molecule has 3 amide bonds. The SMILES string of the molecule is O=C1NC(=O)/C(=C/c2cnn3c(NC4CC4)nc(-n4cnc5cc(C(=O)O)ccc54)nc23)N1. The van der Waals surface area contributed by atoms with Crippen LogP contribution in [0.1, 0.15) is 28.8 Å². The lowest BCUT2D eigenvalue weighted by atomic mass is 10.2. The molecule has 0 bridgehead atoms. The van der Waals surface area contributed by atoms with Crippen LogP contribution in [0.5, 0.6) is 0 Å². The van der Waals surface area contributed by atoms with Crippen molar-refractivity contribution in [3.8, 4) is 5.95 Å². The van der Waals surface area contributed by atoms with Gasteiger partial charge in [0.05, 0.1) is 22.8 Å². The number of carboxylic acids is 1. The zero-order valence-corrected chi connectivity index (χ0v) is 16.8. The Morgan fingerprint density at radius 3 is 2.79 bits per heavy atom. The van der Waals surface area contributed by atoms with E-state index in [1.165, 1.54) is 35.2 Å². The van der Waals surface area contributed by atoms with Crippen molar-refractivity contribution in [3.05, 3.63) is 47.5 Å². The monoisotopic (exact) mass is 445 g/mol. The van der Waals surface area contributed by atoms with Crippen LogP contribution in [-0.4, -0.2) is 58.2 Å². The lowest BCUT2D eigenvalue weighted by Crippen LogP contribution is -2.22. The number of hydrogen-bond donors (Lipinski definition) is 4. The summed E-state index contributed by atoms with van der Waals surface area (Å²) in [6.45, 7) is 0. The number of anilines is 1. The number of hydrogen-bond acceptors (Lipinski definition) is 8. The van der Waals surface area contributed by atoms with Crippen molar-refractivity contribution in [1.29, 1.82) is 0 Å². The van der Waals surface area contributed by atoms with E-state index >= 15 is 0 Å². The van der Waals surface area contributed by atoms with E-state index in [1.54, 1.807) is 10.6 Å². The normalized spacial score (nSPS) is 17.0. The van der Waals surface area contributed by atoms with Gasteiger partial charge >= 0.3 is 12.0 Å². The molecule has 4 heterocycles. The van der Waals surface area contributed by atoms with Crippen LogP contribution in [0.2, 0.25) is 0 Å². The molecule has 1 aromatic carbocycles. The van der Waals surface area contributed by atoms with E-state index in [9.17, 15) is 19.5 Å². The molecule has 13 nitrogen and oxygen atoms in total. The lowest BCUT2D eigenvalue weighted by Gasteiger charge is -2.10. The van der Waals surface area contributed by atoms with Gasteiger partial charge in [0, 0.05) is 11.6 Å². The molecule has 1 aliphatic carbocycles. The summed E-state index contributed by atoms with van der Waals surface area (Å²) in [7, 11) is 0. The van der Waals surface area contributed by atoms with Crippen LogP contribution in [0, 0.1) is 0 Å². The van der Waals surface area contributed by atoms with E-state index in [2.05, 4.69) is 36.0 Å². The molecule has 4 aromatic rings. The maximum absolute atomic E-state index is 12.0. The minimum Gasteiger partial charge on any atom is -0.478 e. The first-order valence-corrected chi connectivity index (χ1v) is 10.0. The Morgan fingerprint density at radius 1 is 1.21 bits per heavy atom. The van der Waals surface area contributed by atoms with Crippen molar-refractivity contribution >= 4 is 46.6 Å². The van der Waals surface area contributed by atoms with E-state index < -0.39 is 17.9 Å². The van der Waals surface area contributed by atoms with E-state index in [0.717, 1.165) is 12.8 Å². The third-order valence-electron chi connectivity index (χ3n) is 5.32. The number of imide groups is 1. The molecule has 13 heteroatoms. The minimum atomic E-state index is -1.04. The number of nitrogens with zero attached hydrogens (tertiary/aromatic N) is 6. The number of carbonyl (C=O) groups excluding carboxylic acids is 2. The van der Waals surface area contributed by atoms with Crippen molar-refractivity contribution in [2.24, 2.45) is 0 Å². The van der Waals surface area contributed by atoms with Crippen LogP contribution in [0.4, 0.5) is 10.7 Å². The van der Waals surface area contributed by atoms with Gasteiger partial charge in [0.1, 0.15) is 12.0 Å². The van der Waals surface area contributed by atoms with Gasteiger partial charge in [-0.25, -0.2) is 14.6 Å². The van der Waals surface area contributed by atoms with Crippen molar-refractivity contribution < 1.29 is 19.5 Å². The van der Waals surface area contributed by atoms with Gasteiger partial charge in [-0.15, -0.1) is 0 Å². The molecule has 1 saturated carbocycles. The highest BCUT2D eigenvalue weighted by atomic mass is 16.4. The van der Waals surface area contributed by atoms with Crippen molar-refractivity contribution in [1.82, 2.24) is 39.8 Å². The zero-order valence-electron chi connectivity index (χ0n) is 16.8. The standard InChI is InChI=1S/C20H15N9O4/c30-16-13(24-20(33)26-16)6-10-7-22-29-15(10)25-18(27-19(29)23-11-2-3-11)28-8-21-12-5-9(17(31)32)1-4-14(12)28/h1,4-8,11H,2-3H2,(H,31,32)(H,23,25,27)(H2,24,26,30,33)/b13-6-. The van der Waals surface area contributed by atoms with Crippen LogP contribution in [0.3, 0.4) is 0 Å². The number of amides is 3. The Bertz CT molecular complexity index is 1530. The Balaban J connectivity index is 1.51. The van der Waals surface area contributed by atoms with Crippen LogP contribution in [0.15, 0.2) is 36.4 Å². The summed E-state index contributed by atoms with van der Waals surface area (Å²) in [5, 5.41) is 21.5. The second-order valence-electron chi connectivity index (χ2n) is 7.69. The van der Waals surface area contributed by atoms with Crippen molar-refractivity contribution in [2.45, 2.75) is 18.9 Å². The van der Waals surface area contributed by atoms with E-state index in [0.29, 0.717) is 28.2 Å². The number of carbonyl (C=O) groups is 3. The van der Waals surface area contributed by atoms with E-state index in [4.69, 9.17) is 0 Å². The number of fused-ring (bicyclic) bond motifs is 2. The fraction of sp³-hybridized carbons (Fsp3) is 0.150. The Hall–Kier alpha value is -4.81. The molecule has 0 spiro atoms. The molecule has 1 aliphatic heterocycles. The maximum atomic E-state index is 12.0. The molecule has 3 aromatic heterocycles. The van der Waals surface area contributed by atoms with Gasteiger partial charge in [0.2, 0.25) is 11.9 Å². The fourth-order valence-corrected chi connectivity index (χ4v) is 3.54. The highest BCUT2D eigenvalue weighted by Gasteiger charge is 2.26. The molecule has 2 fully saturated rings. The molecule has 1 saturated heterocycles. The highest BCUT2D eigenvalue weighted by molar-refractivity contribution is 6.14. The predicted molar refractivity (Wildman–Crippen MR) is 114 cm³/mol. The van der Waals surface area contributed by atoms with Crippen LogP contribution >= 0.6 is 0 Å². The number of nitrogens with one attached hydrogen (secondary N) is 3. The summed E-state index contributed by atoms with van der Waals surface area (Å²) in [5.74, 6) is -0.831. The molecule has 6 rings (SSSR count). The van der Waals surface area contributed by atoms with Gasteiger partial charge < -0.3 is 15.7 Å². The number of aromatic nitrogens is 6. The van der Waals surface area contributed by atoms with Gasteiger partial charge in [-0.2, -0.15) is 19.6 Å². The Kier molecular flexibility index (Phi) is 3.93. The van der Waals surface area contributed by atoms with Gasteiger partial charge in [0.15, 0.2) is 5.65 Å².